The molecule has 0 radical (unpaired) electrons. The van der Waals surface area contributed by atoms with Crippen LogP contribution in [0.25, 0.3) is 0 Å². The van der Waals surface area contributed by atoms with E-state index in [1.807, 2.05) is 0 Å². The van der Waals surface area contributed by atoms with Gasteiger partial charge in [0.15, 0.2) is 5.41 Å². The smallest absolute Gasteiger partial charge is 0.451 e. The number of carbonyl (C=O) groups is 2. The number of carbonyl (C=O) groups excluding carboxylic acids is 1. The summed E-state index contributed by atoms with van der Waals surface area (Å²) in [5, 5.41) is 7.91. The second kappa shape index (κ2) is 3.16. The van der Waals surface area contributed by atoms with Crippen LogP contribution < -0.4 is 0 Å². The first kappa shape index (κ1) is 12.4. The number of aliphatic carboxylic acids is 1. The lowest BCUT2D eigenvalue weighted by molar-refractivity contribution is -0.183. The molecule has 2 unspecified atom stereocenters. The molecule has 8 heteroatoms. The van der Waals surface area contributed by atoms with Gasteiger partial charge in [0.05, 0.1) is 0 Å². The molecule has 0 aromatic heterocycles. The average Bonchev–Trinajstić information content (AvgIpc) is 2.72. The summed E-state index contributed by atoms with van der Waals surface area (Å²) in [7, 11) is 0. The Kier molecular flexibility index (Phi) is 2.62. The Hall–Kier alpha value is -0.660. The third-order valence-electron chi connectivity index (χ3n) is 2.41. The highest BCUT2D eigenvalue weighted by atomic mass is 79.9. The van der Waals surface area contributed by atoms with E-state index < -0.39 is 40.8 Å². The number of carboxylic acids is 1. The van der Waals surface area contributed by atoms with Crippen LogP contribution in [0.15, 0.2) is 0 Å². The fourth-order valence-electron chi connectivity index (χ4n) is 1.43. The molecule has 15 heavy (non-hydrogen) atoms. The van der Waals surface area contributed by atoms with Crippen molar-refractivity contribution in [3.8, 4) is 0 Å². The number of rotatable bonds is 3. The van der Waals surface area contributed by atoms with Gasteiger partial charge < -0.3 is 5.11 Å². The van der Waals surface area contributed by atoms with Gasteiger partial charge >= 0.3 is 12.1 Å². The first-order valence-corrected chi connectivity index (χ1v) is 4.84. The molecule has 86 valence electrons. The zero-order valence-electron chi connectivity index (χ0n) is 7.07. The topological polar surface area (TPSA) is 54.4 Å². The van der Waals surface area contributed by atoms with E-state index in [9.17, 15) is 27.2 Å². The maximum Gasteiger partial charge on any atom is 0.451 e. The van der Waals surface area contributed by atoms with Crippen LogP contribution in [-0.4, -0.2) is 34.0 Å². The van der Waals surface area contributed by atoms with Gasteiger partial charge in [-0.25, -0.2) is 4.39 Å². The molecule has 1 saturated carbocycles. The summed E-state index contributed by atoms with van der Waals surface area (Å²) in [6.45, 7) is 0. The van der Waals surface area contributed by atoms with Gasteiger partial charge in [0, 0.05) is 11.8 Å². The summed E-state index contributed by atoms with van der Waals surface area (Å²) >= 11 is 2.55. The molecule has 0 spiro atoms. The van der Waals surface area contributed by atoms with Gasteiger partial charge in [0.2, 0.25) is 0 Å². The van der Waals surface area contributed by atoms with E-state index in [-0.39, 0.29) is 0 Å². The molecule has 1 aliphatic carbocycles. The van der Waals surface area contributed by atoms with Gasteiger partial charge in [0.25, 0.3) is 5.78 Å². The van der Waals surface area contributed by atoms with E-state index in [1.54, 1.807) is 0 Å². The van der Waals surface area contributed by atoms with Crippen LogP contribution in [0.4, 0.5) is 17.6 Å². The Morgan fingerprint density at radius 3 is 2.07 bits per heavy atom. The summed E-state index contributed by atoms with van der Waals surface area (Å²) < 4.78 is 49.5. The van der Waals surface area contributed by atoms with Crippen LogP contribution in [-0.2, 0) is 9.59 Å². The van der Waals surface area contributed by atoms with Crippen LogP contribution in [0.3, 0.4) is 0 Å². The van der Waals surface area contributed by atoms with Crippen LogP contribution in [0.2, 0.25) is 0 Å². The quantitative estimate of drug-likeness (QED) is 0.489. The number of carboxylic acid groups (broad SMARTS) is 1. The summed E-state index contributed by atoms with van der Waals surface area (Å²) in [4.78, 5) is 21.4. The number of hydrogen-bond donors (Lipinski definition) is 1. The molecule has 0 heterocycles. The lowest BCUT2D eigenvalue weighted by atomic mass is 9.97. The van der Waals surface area contributed by atoms with Crippen molar-refractivity contribution in [2.45, 2.75) is 18.3 Å². The fourth-order valence-corrected chi connectivity index (χ4v) is 2.10. The lowest BCUT2D eigenvalue weighted by Gasteiger charge is -2.14. The van der Waals surface area contributed by atoms with Crippen molar-refractivity contribution < 1.29 is 32.3 Å². The predicted octanol–water partition coefficient (Wildman–Crippen LogP) is 1.70. The summed E-state index contributed by atoms with van der Waals surface area (Å²) in [5.74, 6) is -4.61. The standard InChI is InChI=1S/C7H5BrF4O3/c8-2-5(9)1-6(5,4(14)15)3(13)7(10,11)12/h1-2H2,(H,14,15). The molecule has 1 aliphatic rings. The number of hydrogen-bond acceptors (Lipinski definition) is 2. The molecular weight excluding hydrogens is 288 g/mol. The number of alkyl halides is 5. The molecule has 0 bridgehead atoms. The molecule has 0 aromatic rings. The van der Waals surface area contributed by atoms with E-state index in [2.05, 4.69) is 15.9 Å². The van der Waals surface area contributed by atoms with Gasteiger partial charge in [-0.2, -0.15) is 13.2 Å². The lowest BCUT2D eigenvalue weighted by Crippen LogP contribution is -2.42. The van der Waals surface area contributed by atoms with Crippen LogP contribution in [0.1, 0.15) is 6.42 Å². The van der Waals surface area contributed by atoms with Crippen LogP contribution in [0, 0.1) is 5.41 Å². The summed E-state index contributed by atoms with van der Waals surface area (Å²) in [5.41, 5.74) is -5.61. The van der Waals surface area contributed by atoms with E-state index in [0.717, 1.165) is 0 Å². The molecule has 2 atom stereocenters. The first-order chi connectivity index (χ1) is 6.62. The van der Waals surface area contributed by atoms with Crippen molar-refractivity contribution in [3.05, 3.63) is 0 Å². The van der Waals surface area contributed by atoms with Crippen molar-refractivity contribution in [2.75, 3.05) is 5.33 Å². The third kappa shape index (κ3) is 1.54. The van der Waals surface area contributed by atoms with Gasteiger partial charge in [-0.1, -0.05) is 15.9 Å². The molecule has 1 fully saturated rings. The van der Waals surface area contributed by atoms with Crippen molar-refractivity contribution in [3.63, 3.8) is 0 Å². The number of ketones is 1. The summed E-state index contributed by atoms with van der Waals surface area (Å²) in [6.07, 6.45) is -6.28. The Morgan fingerprint density at radius 2 is 1.87 bits per heavy atom. The second-order valence-corrected chi connectivity index (χ2v) is 3.87. The van der Waals surface area contributed by atoms with Crippen molar-refractivity contribution in [1.29, 1.82) is 0 Å². The molecular formula is C7H5BrF4O3. The van der Waals surface area contributed by atoms with Gasteiger partial charge in [0.1, 0.15) is 5.67 Å². The van der Waals surface area contributed by atoms with Gasteiger partial charge in [-0.3, -0.25) is 9.59 Å². The summed E-state index contributed by atoms with van der Waals surface area (Å²) in [6, 6.07) is 0. The Bertz CT molecular complexity index is 329. The fraction of sp³-hybridized carbons (Fsp3) is 0.714. The zero-order valence-corrected chi connectivity index (χ0v) is 8.65. The Labute approximate surface area is 89.6 Å². The number of Topliss-reactive ketones (excluding diaryl/α,β-unsaturated/α-hetero) is 1. The van der Waals surface area contributed by atoms with Crippen molar-refractivity contribution in [2.24, 2.45) is 5.41 Å². The highest BCUT2D eigenvalue weighted by Gasteiger charge is 2.81. The van der Waals surface area contributed by atoms with Gasteiger partial charge in [-0.05, 0) is 0 Å². The average molecular weight is 293 g/mol. The molecule has 3 nitrogen and oxygen atoms in total. The molecule has 0 aliphatic heterocycles. The largest absolute Gasteiger partial charge is 0.480 e. The number of halogens is 5. The van der Waals surface area contributed by atoms with E-state index >= 15 is 0 Å². The van der Waals surface area contributed by atoms with E-state index in [1.165, 1.54) is 0 Å². The molecule has 1 rings (SSSR count). The monoisotopic (exact) mass is 292 g/mol. The predicted molar refractivity (Wildman–Crippen MR) is 43.4 cm³/mol. The SMILES string of the molecule is O=C(O)C1(C(=O)C(F)(F)F)CC1(F)CBr. The van der Waals surface area contributed by atoms with Crippen molar-refractivity contribution in [1.82, 2.24) is 0 Å². The Morgan fingerprint density at radius 1 is 1.40 bits per heavy atom. The van der Waals surface area contributed by atoms with Crippen molar-refractivity contribution >= 4 is 27.7 Å². The maximum atomic E-state index is 13.4. The molecule has 1 N–H and O–H groups in total. The van der Waals surface area contributed by atoms with E-state index in [0.29, 0.717) is 0 Å². The molecule has 0 amide bonds. The minimum atomic E-state index is -5.34. The molecule has 0 aromatic carbocycles. The zero-order chi connectivity index (χ0) is 12.1. The normalized spacial score (nSPS) is 35.0. The third-order valence-corrected chi connectivity index (χ3v) is 3.30. The van der Waals surface area contributed by atoms with E-state index in [4.69, 9.17) is 5.11 Å². The van der Waals surface area contributed by atoms with Crippen LogP contribution in [0.5, 0.6) is 0 Å². The van der Waals surface area contributed by atoms with Crippen LogP contribution >= 0.6 is 15.9 Å². The maximum absolute atomic E-state index is 13.4. The van der Waals surface area contributed by atoms with Gasteiger partial charge in [-0.15, -0.1) is 0 Å². The minimum Gasteiger partial charge on any atom is -0.480 e. The minimum absolute atomic E-state index is 0.617. The second-order valence-electron chi connectivity index (χ2n) is 3.31. The highest BCUT2D eigenvalue weighted by molar-refractivity contribution is 9.09. The highest BCUT2D eigenvalue weighted by Crippen LogP contribution is 2.62. The first-order valence-electron chi connectivity index (χ1n) is 3.72. The Balaban J connectivity index is 3.10. The molecule has 0 saturated heterocycles.